The minimum Gasteiger partial charge on any atom is -0.335 e. The van der Waals surface area contributed by atoms with Crippen LogP contribution < -0.4 is 10.4 Å². The number of likely N-dealkylation sites (tertiary alicyclic amines) is 1. The molecule has 0 spiro atoms. The van der Waals surface area contributed by atoms with E-state index in [0.29, 0.717) is 17.8 Å². The smallest absolute Gasteiger partial charge is 0.335 e. The number of halogens is 1. The molecule has 2 heterocycles. The lowest BCUT2D eigenvalue weighted by Crippen LogP contribution is -2.40. The van der Waals surface area contributed by atoms with E-state index in [1.165, 1.54) is 31.5 Å². The molecule has 1 saturated heterocycles. The van der Waals surface area contributed by atoms with Crippen molar-refractivity contribution in [3.05, 3.63) is 48.4 Å². The molecule has 3 rings (SSSR count). The van der Waals surface area contributed by atoms with Crippen molar-refractivity contribution in [2.45, 2.75) is 32.1 Å². The Morgan fingerprint density at radius 2 is 1.97 bits per heavy atom. The summed E-state index contributed by atoms with van der Waals surface area (Å²) < 4.78 is 13.9. The van der Waals surface area contributed by atoms with Crippen molar-refractivity contribution in [3.8, 4) is 11.3 Å². The lowest BCUT2D eigenvalue weighted by Gasteiger charge is -2.26. The number of amides is 2. The monoisotopic (exact) mass is 414 g/mol. The number of aromatic nitrogens is 1. The maximum atomic E-state index is 13.9. The van der Waals surface area contributed by atoms with Crippen LogP contribution in [0, 0.1) is 5.82 Å². The minimum absolute atomic E-state index is 0.181. The first-order valence-electron chi connectivity index (χ1n) is 10.3. The third-order valence-corrected chi connectivity index (χ3v) is 5.09. The fourth-order valence-electron chi connectivity index (χ4n) is 3.51. The first kappa shape index (κ1) is 21.7. The van der Waals surface area contributed by atoms with E-state index in [1.807, 2.05) is 0 Å². The highest BCUT2D eigenvalue weighted by molar-refractivity contribution is 5.90. The lowest BCUT2D eigenvalue weighted by molar-refractivity contribution is -0.128. The first-order chi connectivity index (χ1) is 14.7. The van der Waals surface area contributed by atoms with Crippen molar-refractivity contribution >= 4 is 18.2 Å². The molecular weight excluding hydrogens is 387 g/mol. The Balaban J connectivity index is 1.52. The van der Waals surface area contributed by atoms with Gasteiger partial charge in [-0.25, -0.2) is 9.18 Å². The van der Waals surface area contributed by atoms with Gasteiger partial charge >= 0.3 is 12.5 Å². The zero-order valence-electron chi connectivity index (χ0n) is 16.9. The second-order valence-electron chi connectivity index (χ2n) is 7.22. The van der Waals surface area contributed by atoms with Gasteiger partial charge in [0, 0.05) is 12.1 Å². The zero-order chi connectivity index (χ0) is 21.2. The molecule has 0 aliphatic carbocycles. The Labute approximate surface area is 175 Å². The number of nitrogens with zero attached hydrogens (tertiary/aromatic N) is 3. The molecule has 30 heavy (non-hydrogen) atoms. The van der Waals surface area contributed by atoms with E-state index in [9.17, 15) is 14.0 Å². The van der Waals surface area contributed by atoms with Gasteiger partial charge in [-0.1, -0.05) is 18.6 Å². The van der Waals surface area contributed by atoms with E-state index in [1.54, 1.807) is 30.3 Å². The second kappa shape index (κ2) is 11.3. The van der Waals surface area contributed by atoms with Crippen molar-refractivity contribution in [2.24, 2.45) is 0 Å². The van der Waals surface area contributed by atoms with Crippen LogP contribution in [0.15, 0.2) is 42.6 Å². The molecule has 0 saturated carbocycles. The van der Waals surface area contributed by atoms with Crippen molar-refractivity contribution < 1.29 is 18.8 Å². The molecule has 0 bridgehead atoms. The molecule has 160 valence electrons. The van der Waals surface area contributed by atoms with Gasteiger partial charge in [0.1, 0.15) is 11.5 Å². The van der Waals surface area contributed by atoms with Gasteiger partial charge in [0.25, 0.3) is 0 Å². The van der Waals surface area contributed by atoms with Crippen LogP contribution in [0.4, 0.5) is 14.9 Å². The summed E-state index contributed by atoms with van der Waals surface area (Å²) in [6.45, 7) is 4.01. The van der Waals surface area contributed by atoms with Gasteiger partial charge in [-0.2, -0.15) is 0 Å². The van der Waals surface area contributed by atoms with Gasteiger partial charge in [0.2, 0.25) is 0 Å². The summed E-state index contributed by atoms with van der Waals surface area (Å²) in [4.78, 5) is 34.8. The molecule has 1 aliphatic heterocycles. The zero-order valence-corrected chi connectivity index (χ0v) is 16.9. The molecule has 1 aromatic heterocycles. The minimum atomic E-state index is -0.555. The van der Waals surface area contributed by atoms with Gasteiger partial charge in [-0.3, -0.25) is 9.78 Å². The number of pyridine rings is 1. The number of hydrogen-bond acceptors (Lipinski definition) is 5. The normalized spacial score (nSPS) is 14.2. The van der Waals surface area contributed by atoms with Crippen LogP contribution in [0.25, 0.3) is 11.3 Å². The van der Waals surface area contributed by atoms with Gasteiger partial charge in [0.15, 0.2) is 0 Å². The van der Waals surface area contributed by atoms with Crippen LogP contribution >= 0.6 is 0 Å². The van der Waals surface area contributed by atoms with E-state index in [-0.39, 0.29) is 18.0 Å². The molecule has 2 aromatic rings. The molecule has 1 aromatic carbocycles. The van der Waals surface area contributed by atoms with Crippen molar-refractivity contribution in [1.82, 2.24) is 15.2 Å². The van der Waals surface area contributed by atoms with Crippen LogP contribution in [0.1, 0.15) is 32.1 Å². The number of benzene rings is 1. The Hall–Kier alpha value is -3.00. The Kier molecular flexibility index (Phi) is 8.14. The standard InChI is InChI=1S/C22H27FN4O3/c23-20-9-3-2-8-19(20)21-11-10-18(16-25-21)27(30-17-28)22(29)24-12-4-7-15-26-13-5-1-6-14-26/h2-3,8-11,16-17H,1,4-7,12-15H2,(H,24,29). The molecule has 1 aliphatic rings. The summed E-state index contributed by atoms with van der Waals surface area (Å²) >= 11 is 0. The predicted octanol–water partition coefficient (Wildman–Crippen LogP) is 3.76. The predicted molar refractivity (Wildman–Crippen MR) is 112 cm³/mol. The Bertz CT molecular complexity index is 825. The average molecular weight is 414 g/mol. The van der Waals surface area contributed by atoms with Crippen molar-refractivity contribution in [2.75, 3.05) is 31.2 Å². The van der Waals surface area contributed by atoms with Gasteiger partial charge in [-0.05, 0) is 69.6 Å². The highest BCUT2D eigenvalue weighted by Gasteiger charge is 2.18. The maximum Gasteiger partial charge on any atom is 0.355 e. The van der Waals surface area contributed by atoms with E-state index in [4.69, 9.17) is 4.84 Å². The van der Waals surface area contributed by atoms with E-state index >= 15 is 0 Å². The average Bonchev–Trinajstić information content (AvgIpc) is 2.78. The van der Waals surface area contributed by atoms with E-state index in [2.05, 4.69) is 15.2 Å². The number of anilines is 1. The van der Waals surface area contributed by atoms with Crippen molar-refractivity contribution in [1.29, 1.82) is 0 Å². The third kappa shape index (κ3) is 6.00. The largest absolute Gasteiger partial charge is 0.355 e. The number of hydrogen-bond donors (Lipinski definition) is 1. The lowest BCUT2D eigenvalue weighted by atomic mass is 10.1. The highest BCUT2D eigenvalue weighted by atomic mass is 19.1. The summed E-state index contributed by atoms with van der Waals surface area (Å²) in [6.07, 6.45) is 7.03. The number of unbranched alkanes of at least 4 members (excludes halogenated alkanes) is 1. The maximum absolute atomic E-state index is 13.9. The molecule has 7 nitrogen and oxygen atoms in total. The molecule has 0 radical (unpaired) electrons. The van der Waals surface area contributed by atoms with Crippen LogP contribution in [0.3, 0.4) is 0 Å². The van der Waals surface area contributed by atoms with Crippen LogP contribution in [0.2, 0.25) is 0 Å². The van der Waals surface area contributed by atoms with Gasteiger partial charge in [0.05, 0.1) is 11.9 Å². The molecule has 8 heteroatoms. The third-order valence-electron chi connectivity index (χ3n) is 5.09. The quantitative estimate of drug-likeness (QED) is 0.384. The topological polar surface area (TPSA) is 74.8 Å². The SMILES string of the molecule is O=CON(C(=O)NCCCCN1CCCCC1)c1ccc(-c2ccccc2F)nc1. The number of carbonyl (C=O) groups is 2. The van der Waals surface area contributed by atoms with Crippen LogP contribution in [-0.2, 0) is 9.63 Å². The fourth-order valence-corrected chi connectivity index (χ4v) is 3.51. The van der Waals surface area contributed by atoms with Crippen LogP contribution in [0.5, 0.6) is 0 Å². The Morgan fingerprint density at radius 1 is 1.17 bits per heavy atom. The van der Waals surface area contributed by atoms with Gasteiger partial charge < -0.3 is 15.1 Å². The highest BCUT2D eigenvalue weighted by Crippen LogP contribution is 2.23. The Morgan fingerprint density at radius 3 is 2.67 bits per heavy atom. The number of carbonyl (C=O) groups excluding carboxylic acids is 2. The van der Waals surface area contributed by atoms with E-state index < -0.39 is 6.03 Å². The molecule has 1 fully saturated rings. The molecule has 0 atom stereocenters. The molecular formula is C22H27FN4O3. The summed E-state index contributed by atoms with van der Waals surface area (Å²) in [6, 6.07) is 8.85. The fraction of sp³-hybridized carbons (Fsp3) is 0.409. The summed E-state index contributed by atoms with van der Waals surface area (Å²) in [5.74, 6) is -0.388. The molecule has 0 unspecified atom stereocenters. The van der Waals surface area contributed by atoms with Gasteiger partial charge in [-0.15, -0.1) is 5.06 Å². The number of nitrogens with one attached hydrogen (secondary N) is 1. The number of hydroxylamine groups is 1. The number of piperidine rings is 1. The first-order valence-corrected chi connectivity index (χ1v) is 10.3. The summed E-state index contributed by atoms with van der Waals surface area (Å²) in [5.41, 5.74) is 1.04. The number of rotatable bonds is 9. The second-order valence-corrected chi connectivity index (χ2v) is 7.22. The molecule has 1 N–H and O–H groups in total. The van der Waals surface area contributed by atoms with Crippen molar-refractivity contribution in [3.63, 3.8) is 0 Å². The summed E-state index contributed by atoms with van der Waals surface area (Å²) in [5, 5.41) is 3.60. The number of urea groups is 1. The summed E-state index contributed by atoms with van der Waals surface area (Å²) in [7, 11) is 0. The molecule has 2 amide bonds. The van der Waals surface area contributed by atoms with E-state index in [0.717, 1.165) is 37.5 Å². The van der Waals surface area contributed by atoms with Crippen LogP contribution in [-0.4, -0.2) is 48.6 Å².